The molecule has 1 fully saturated rings. The minimum absolute atomic E-state index is 0.360. The van der Waals surface area contributed by atoms with Crippen LogP contribution in [0.5, 0.6) is 0 Å². The second-order valence-electron chi connectivity index (χ2n) is 4.71. The lowest BCUT2D eigenvalue weighted by atomic mass is 10.2. The van der Waals surface area contributed by atoms with Crippen LogP contribution >= 0.6 is 11.3 Å². The molecule has 5 nitrogen and oxygen atoms in total. The molecular formula is C11H18F3N5S. The van der Waals surface area contributed by atoms with E-state index >= 15 is 0 Å². The van der Waals surface area contributed by atoms with Crippen LogP contribution in [0.1, 0.15) is 17.8 Å². The standard InChI is InChI=1S/C11H18F3N5S/c12-11(13,14)9-16-17-10(20-9)19-7-5-18(6-8-19)4-2-1-3-15/h1-8,15H2. The van der Waals surface area contributed by atoms with Gasteiger partial charge in [-0.15, -0.1) is 10.2 Å². The number of piperazine rings is 1. The summed E-state index contributed by atoms with van der Waals surface area (Å²) in [5, 5.41) is 6.35. The Kier molecular flexibility index (Phi) is 5.17. The molecule has 0 amide bonds. The molecule has 1 aromatic heterocycles. The van der Waals surface area contributed by atoms with E-state index in [9.17, 15) is 13.2 Å². The molecule has 0 spiro atoms. The van der Waals surface area contributed by atoms with E-state index in [1.54, 1.807) is 0 Å². The number of alkyl halides is 3. The molecule has 2 rings (SSSR count). The molecule has 1 aromatic rings. The van der Waals surface area contributed by atoms with Gasteiger partial charge in [0.05, 0.1) is 0 Å². The van der Waals surface area contributed by atoms with Gasteiger partial charge in [-0.05, 0) is 25.9 Å². The molecule has 1 aliphatic rings. The van der Waals surface area contributed by atoms with E-state index in [1.807, 2.05) is 4.90 Å². The van der Waals surface area contributed by atoms with Crippen molar-refractivity contribution >= 4 is 16.5 Å². The molecule has 0 unspecified atom stereocenters. The topological polar surface area (TPSA) is 58.3 Å². The zero-order valence-corrected chi connectivity index (χ0v) is 11.9. The molecule has 9 heteroatoms. The van der Waals surface area contributed by atoms with Gasteiger partial charge in [0.2, 0.25) is 10.1 Å². The number of anilines is 1. The van der Waals surface area contributed by atoms with Crippen molar-refractivity contribution in [3.05, 3.63) is 5.01 Å². The van der Waals surface area contributed by atoms with Crippen molar-refractivity contribution in [2.45, 2.75) is 19.0 Å². The summed E-state index contributed by atoms with van der Waals surface area (Å²) in [5.41, 5.74) is 5.45. The van der Waals surface area contributed by atoms with Crippen molar-refractivity contribution in [3.8, 4) is 0 Å². The van der Waals surface area contributed by atoms with Crippen LogP contribution in [0.2, 0.25) is 0 Å². The van der Waals surface area contributed by atoms with Gasteiger partial charge in [0.1, 0.15) is 0 Å². The monoisotopic (exact) mass is 309 g/mol. The van der Waals surface area contributed by atoms with E-state index in [1.165, 1.54) is 0 Å². The minimum atomic E-state index is -4.40. The summed E-state index contributed by atoms with van der Waals surface area (Å²) < 4.78 is 37.4. The second-order valence-corrected chi connectivity index (χ2v) is 5.67. The Morgan fingerprint density at radius 1 is 1.10 bits per heavy atom. The molecule has 2 heterocycles. The number of nitrogens with two attached hydrogens (primary N) is 1. The molecule has 0 aromatic carbocycles. The lowest BCUT2D eigenvalue weighted by molar-refractivity contribution is -0.138. The highest BCUT2D eigenvalue weighted by Gasteiger charge is 2.36. The van der Waals surface area contributed by atoms with E-state index in [0.717, 1.165) is 32.5 Å². The Morgan fingerprint density at radius 3 is 2.35 bits per heavy atom. The molecule has 0 saturated carbocycles. The zero-order valence-electron chi connectivity index (χ0n) is 11.1. The maximum Gasteiger partial charge on any atom is 0.445 e. The van der Waals surface area contributed by atoms with Gasteiger partial charge in [0.25, 0.3) is 0 Å². The van der Waals surface area contributed by atoms with E-state index in [4.69, 9.17) is 5.73 Å². The Hall–Kier alpha value is -0.930. The number of unbranched alkanes of at least 4 members (excludes halogenated alkanes) is 1. The van der Waals surface area contributed by atoms with Gasteiger partial charge in [-0.25, -0.2) is 0 Å². The van der Waals surface area contributed by atoms with Crippen molar-refractivity contribution in [1.82, 2.24) is 15.1 Å². The van der Waals surface area contributed by atoms with Crippen molar-refractivity contribution in [2.24, 2.45) is 5.73 Å². The van der Waals surface area contributed by atoms with Crippen LogP contribution in [0.25, 0.3) is 0 Å². The molecule has 20 heavy (non-hydrogen) atoms. The van der Waals surface area contributed by atoms with E-state index in [-0.39, 0.29) is 0 Å². The fourth-order valence-electron chi connectivity index (χ4n) is 2.10. The second kappa shape index (κ2) is 6.68. The number of rotatable bonds is 5. The Morgan fingerprint density at radius 2 is 1.80 bits per heavy atom. The van der Waals surface area contributed by atoms with Crippen LogP contribution in [-0.4, -0.2) is 54.4 Å². The summed E-state index contributed by atoms with van der Waals surface area (Å²) in [6.07, 6.45) is -2.33. The average molecular weight is 309 g/mol. The van der Waals surface area contributed by atoms with Crippen LogP contribution in [0, 0.1) is 0 Å². The third-order valence-corrected chi connectivity index (χ3v) is 4.26. The molecule has 0 aliphatic carbocycles. The smallest absolute Gasteiger partial charge is 0.344 e. The summed E-state index contributed by atoms with van der Waals surface area (Å²) >= 11 is 0.613. The molecule has 1 saturated heterocycles. The van der Waals surface area contributed by atoms with Crippen molar-refractivity contribution in [1.29, 1.82) is 0 Å². The quantitative estimate of drug-likeness (QED) is 0.834. The van der Waals surface area contributed by atoms with Crippen LogP contribution in [-0.2, 0) is 6.18 Å². The molecule has 1 aliphatic heterocycles. The predicted molar refractivity (Wildman–Crippen MR) is 71.9 cm³/mol. The number of hydrogen-bond acceptors (Lipinski definition) is 6. The predicted octanol–water partition coefficient (Wildman–Crippen LogP) is 1.42. The maximum absolute atomic E-state index is 12.5. The summed E-state index contributed by atoms with van der Waals surface area (Å²) in [7, 11) is 0. The third-order valence-electron chi connectivity index (χ3n) is 3.23. The van der Waals surface area contributed by atoms with Crippen LogP contribution in [0.15, 0.2) is 0 Å². The summed E-state index contributed by atoms with van der Waals surface area (Å²) in [4.78, 5) is 4.17. The maximum atomic E-state index is 12.5. The van der Waals surface area contributed by atoms with Gasteiger partial charge in [-0.3, -0.25) is 4.90 Å². The lowest BCUT2D eigenvalue weighted by Crippen LogP contribution is -2.46. The first kappa shape index (κ1) is 15.5. The SMILES string of the molecule is NCCCCN1CCN(c2nnc(C(F)(F)F)s2)CC1. The Bertz CT molecular complexity index is 414. The van der Waals surface area contributed by atoms with Crippen LogP contribution < -0.4 is 10.6 Å². The number of aromatic nitrogens is 2. The Balaban J connectivity index is 1.83. The largest absolute Gasteiger partial charge is 0.445 e. The molecule has 2 N–H and O–H groups in total. The van der Waals surface area contributed by atoms with Crippen LogP contribution in [0.4, 0.5) is 18.3 Å². The van der Waals surface area contributed by atoms with Gasteiger partial charge in [-0.2, -0.15) is 13.2 Å². The van der Waals surface area contributed by atoms with Gasteiger partial charge in [-0.1, -0.05) is 11.3 Å². The lowest BCUT2D eigenvalue weighted by Gasteiger charge is -2.34. The van der Waals surface area contributed by atoms with Gasteiger partial charge in [0.15, 0.2) is 0 Å². The molecule has 0 bridgehead atoms. The Labute approximate surface area is 119 Å². The first-order valence-corrected chi connectivity index (χ1v) is 7.40. The summed E-state index contributed by atoms with van der Waals surface area (Å²) in [6, 6.07) is 0. The highest BCUT2D eigenvalue weighted by Crippen LogP contribution is 2.34. The first-order chi connectivity index (χ1) is 9.50. The number of nitrogens with zero attached hydrogens (tertiary/aromatic N) is 4. The van der Waals surface area contributed by atoms with Crippen LogP contribution in [0.3, 0.4) is 0 Å². The molecule has 0 radical (unpaired) electrons. The first-order valence-electron chi connectivity index (χ1n) is 6.59. The van der Waals surface area contributed by atoms with Crippen molar-refractivity contribution in [3.63, 3.8) is 0 Å². The summed E-state index contributed by atoms with van der Waals surface area (Å²) in [5.74, 6) is 0. The highest BCUT2D eigenvalue weighted by molar-refractivity contribution is 7.15. The molecule has 0 atom stereocenters. The fourth-order valence-corrected chi connectivity index (χ4v) is 2.86. The van der Waals surface area contributed by atoms with E-state index in [2.05, 4.69) is 15.1 Å². The highest BCUT2D eigenvalue weighted by atomic mass is 32.1. The average Bonchev–Trinajstić information content (AvgIpc) is 2.89. The van der Waals surface area contributed by atoms with Crippen molar-refractivity contribution in [2.75, 3.05) is 44.2 Å². The number of halogens is 3. The number of hydrogen-bond donors (Lipinski definition) is 1. The van der Waals surface area contributed by atoms with Crippen molar-refractivity contribution < 1.29 is 13.2 Å². The van der Waals surface area contributed by atoms with Gasteiger partial charge in [0, 0.05) is 26.2 Å². The zero-order chi connectivity index (χ0) is 14.6. The summed E-state index contributed by atoms with van der Waals surface area (Å²) in [6.45, 7) is 4.75. The molecular weight excluding hydrogens is 291 g/mol. The fraction of sp³-hybridized carbons (Fsp3) is 0.818. The van der Waals surface area contributed by atoms with E-state index < -0.39 is 11.2 Å². The van der Waals surface area contributed by atoms with E-state index in [0.29, 0.717) is 36.1 Å². The molecule has 114 valence electrons. The minimum Gasteiger partial charge on any atom is -0.344 e. The normalized spacial score (nSPS) is 17.7. The van der Waals surface area contributed by atoms with Gasteiger partial charge < -0.3 is 10.6 Å². The van der Waals surface area contributed by atoms with Gasteiger partial charge >= 0.3 is 6.18 Å². The third kappa shape index (κ3) is 4.03.